The molecule has 0 atom stereocenters. The second kappa shape index (κ2) is 3.79. The maximum atomic E-state index is 11.0. The maximum Gasteiger partial charge on any atom is 0.251 e. The molecule has 0 unspecified atom stereocenters. The van der Waals surface area contributed by atoms with Crippen molar-refractivity contribution < 1.29 is 4.79 Å². The minimum Gasteiger partial charge on any atom is -0.366 e. The molecule has 3 nitrogen and oxygen atoms in total. The summed E-state index contributed by atoms with van der Waals surface area (Å²) < 4.78 is 0.908. The fourth-order valence-corrected chi connectivity index (χ4v) is 1.96. The van der Waals surface area contributed by atoms with Crippen LogP contribution >= 0.6 is 27.5 Å². The van der Waals surface area contributed by atoms with Crippen LogP contribution in [-0.4, -0.2) is 10.9 Å². The van der Waals surface area contributed by atoms with Gasteiger partial charge in [0, 0.05) is 16.1 Å². The largest absolute Gasteiger partial charge is 0.366 e. The zero-order valence-corrected chi connectivity index (χ0v) is 9.84. The van der Waals surface area contributed by atoms with Crippen molar-refractivity contribution in [2.45, 2.75) is 0 Å². The van der Waals surface area contributed by atoms with E-state index in [2.05, 4.69) is 20.9 Å². The highest BCUT2D eigenvalue weighted by atomic mass is 79.9. The third-order valence-electron chi connectivity index (χ3n) is 2.03. The molecule has 0 saturated carbocycles. The number of aromatic nitrogens is 1. The lowest BCUT2D eigenvalue weighted by Crippen LogP contribution is -2.12. The van der Waals surface area contributed by atoms with Crippen molar-refractivity contribution in [2.24, 2.45) is 5.73 Å². The summed E-state index contributed by atoms with van der Waals surface area (Å²) in [6, 6.07) is 5.45. The van der Waals surface area contributed by atoms with Gasteiger partial charge in [0.15, 0.2) is 0 Å². The Balaban J connectivity index is 2.80. The van der Waals surface area contributed by atoms with Crippen molar-refractivity contribution in [3.8, 4) is 0 Å². The van der Waals surface area contributed by atoms with E-state index in [1.54, 1.807) is 6.07 Å². The van der Waals surface area contributed by atoms with E-state index in [9.17, 15) is 4.79 Å². The van der Waals surface area contributed by atoms with Crippen LogP contribution in [0.25, 0.3) is 10.9 Å². The quantitative estimate of drug-likeness (QED) is 0.876. The molecule has 1 aromatic carbocycles. The zero-order valence-electron chi connectivity index (χ0n) is 7.50. The molecule has 1 amide bonds. The van der Waals surface area contributed by atoms with Gasteiger partial charge < -0.3 is 5.73 Å². The van der Waals surface area contributed by atoms with Gasteiger partial charge in [0.2, 0.25) is 0 Å². The smallest absolute Gasteiger partial charge is 0.251 e. The Bertz CT molecular complexity index is 556. The van der Waals surface area contributed by atoms with Gasteiger partial charge in [-0.05, 0) is 12.1 Å². The Kier molecular flexibility index (Phi) is 2.63. The molecule has 1 heterocycles. The lowest BCUT2D eigenvalue weighted by molar-refractivity contribution is 0.100. The number of fused-ring (bicyclic) bond motifs is 1. The Hall–Kier alpha value is -1.13. The summed E-state index contributed by atoms with van der Waals surface area (Å²) in [6.45, 7) is 0. The van der Waals surface area contributed by atoms with Crippen molar-refractivity contribution in [3.63, 3.8) is 0 Å². The molecule has 1 aromatic heterocycles. The lowest BCUT2D eigenvalue weighted by atomic mass is 10.1. The molecular formula is C10H6BrClN2O. The molecule has 0 aliphatic carbocycles. The first kappa shape index (κ1) is 10.4. The lowest BCUT2D eigenvalue weighted by Gasteiger charge is -2.03. The van der Waals surface area contributed by atoms with Crippen LogP contribution in [0, 0.1) is 0 Å². The summed E-state index contributed by atoms with van der Waals surface area (Å²) >= 11 is 9.36. The van der Waals surface area contributed by atoms with Crippen LogP contribution in [0.4, 0.5) is 0 Å². The van der Waals surface area contributed by atoms with Crippen LogP contribution in [0.1, 0.15) is 10.4 Å². The average molecular weight is 286 g/mol. The van der Waals surface area contributed by atoms with E-state index >= 15 is 0 Å². The molecule has 0 fully saturated rings. The van der Waals surface area contributed by atoms with Crippen LogP contribution in [0.5, 0.6) is 0 Å². The summed E-state index contributed by atoms with van der Waals surface area (Å²) in [6.07, 6.45) is 1.39. The average Bonchev–Trinajstić information content (AvgIpc) is 2.17. The number of hydrogen-bond acceptors (Lipinski definition) is 2. The first-order chi connectivity index (χ1) is 7.09. The predicted octanol–water partition coefficient (Wildman–Crippen LogP) is 2.75. The van der Waals surface area contributed by atoms with Gasteiger partial charge in [0.1, 0.15) is 0 Å². The van der Waals surface area contributed by atoms with Crippen molar-refractivity contribution in [2.75, 3.05) is 0 Å². The molecule has 5 heteroatoms. The van der Waals surface area contributed by atoms with Crippen molar-refractivity contribution >= 4 is 44.3 Å². The summed E-state index contributed by atoms with van der Waals surface area (Å²) in [5.74, 6) is -0.572. The predicted molar refractivity (Wildman–Crippen MR) is 63.0 cm³/mol. The van der Waals surface area contributed by atoms with Crippen molar-refractivity contribution in [1.82, 2.24) is 4.98 Å². The number of rotatable bonds is 1. The number of pyridine rings is 1. The number of carbonyl (C=O) groups is 1. The first-order valence-electron chi connectivity index (χ1n) is 4.13. The molecule has 76 valence electrons. The summed E-state index contributed by atoms with van der Waals surface area (Å²) in [4.78, 5) is 15.1. The zero-order chi connectivity index (χ0) is 11.0. The maximum absolute atomic E-state index is 11.0. The number of primary amides is 1. The summed E-state index contributed by atoms with van der Waals surface area (Å²) in [7, 11) is 0. The van der Waals surface area contributed by atoms with Crippen LogP contribution in [0.2, 0.25) is 5.02 Å². The van der Waals surface area contributed by atoms with Crippen molar-refractivity contribution in [1.29, 1.82) is 0 Å². The molecule has 0 spiro atoms. The molecule has 0 aliphatic heterocycles. The molecule has 0 saturated heterocycles. The highest BCUT2D eigenvalue weighted by molar-refractivity contribution is 9.10. The summed E-state index contributed by atoms with van der Waals surface area (Å²) in [5, 5.41) is 1.07. The molecule has 15 heavy (non-hydrogen) atoms. The number of hydrogen-bond donors (Lipinski definition) is 1. The Labute approximate surface area is 99.4 Å². The van der Waals surface area contributed by atoms with Gasteiger partial charge in [-0.15, -0.1) is 0 Å². The van der Waals surface area contributed by atoms with Crippen LogP contribution < -0.4 is 5.73 Å². The second-order valence-electron chi connectivity index (χ2n) is 3.01. The van der Waals surface area contributed by atoms with Gasteiger partial charge >= 0.3 is 0 Å². The van der Waals surface area contributed by atoms with E-state index < -0.39 is 5.91 Å². The van der Waals surface area contributed by atoms with E-state index in [0.717, 1.165) is 15.4 Å². The van der Waals surface area contributed by atoms with Crippen LogP contribution in [-0.2, 0) is 0 Å². The minimum absolute atomic E-state index is 0.242. The van der Waals surface area contributed by atoms with Gasteiger partial charge in [0.25, 0.3) is 5.91 Å². The van der Waals surface area contributed by atoms with Gasteiger partial charge in [-0.3, -0.25) is 9.78 Å². The summed E-state index contributed by atoms with van der Waals surface area (Å²) in [5.41, 5.74) is 6.13. The molecule has 2 rings (SSSR count). The van der Waals surface area contributed by atoms with E-state index in [1.165, 1.54) is 6.20 Å². The van der Waals surface area contributed by atoms with Crippen molar-refractivity contribution in [3.05, 3.63) is 39.5 Å². The number of nitrogens with zero attached hydrogens (tertiary/aromatic N) is 1. The number of benzene rings is 1. The normalized spacial score (nSPS) is 10.5. The third-order valence-corrected chi connectivity index (χ3v) is 2.93. The SMILES string of the molecule is NC(=O)c1cnc2cc(Br)ccc2c1Cl. The highest BCUT2D eigenvalue weighted by Gasteiger charge is 2.10. The van der Waals surface area contributed by atoms with E-state index in [0.29, 0.717) is 5.02 Å². The van der Waals surface area contributed by atoms with Gasteiger partial charge in [0.05, 0.1) is 16.1 Å². The standard InChI is InChI=1S/C10H6BrClN2O/c11-5-1-2-6-8(3-5)14-4-7(9(6)12)10(13)15/h1-4H,(H2,13,15). The van der Waals surface area contributed by atoms with Gasteiger partial charge in [-0.1, -0.05) is 33.6 Å². The monoisotopic (exact) mass is 284 g/mol. The highest BCUT2D eigenvalue weighted by Crippen LogP contribution is 2.27. The van der Waals surface area contributed by atoms with E-state index in [-0.39, 0.29) is 5.56 Å². The number of amides is 1. The molecular weight excluding hydrogens is 279 g/mol. The Morgan fingerprint density at radius 2 is 2.20 bits per heavy atom. The van der Waals surface area contributed by atoms with E-state index in [4.69, 9.17) is 17.3 Å². The van der Waals surface area contributed by atoms with Crippen LogP contribution in [0.3, 0.4) is 0 Å². The number of nitrogens with two attached hydrogens (primary N) is 1. The molecule has 0 bridgehead atoms. The molecule has 2 N–H and O–H groups in total. The fraction of sp³-hybridized carbons (Fsp3) is 0. The number of halogens is 2. The minimum atomic E-state index is -0.572. The second-order valence-corrected chi connectivity index (χ2v) is 4.31. The van der Waals surface area contributed by atoms with E-state index in [1.807, 2.05) is 12.1 Å². The first-order valence-corrected chi connectivity index (χ1v) is 5.30. The van der Waals surface area contributed by atoms with Crippen LogP contribution in [0.15, 0.2) is 28.9 Å². The van der Waals surface area contributed by atoms with Gasteiger partial charge in [-0.25, -0.2) is 0 Å². The molecule has 2 aromatic rings. The number of carbonyl (C=O) groups excluding carboxylic acids is 1. The molecule has 0 radical (unpaired) electrons. The third kappa shape index (κ3) is 1.82. The Morgan fingerprint density at radius 1 is 1.47 bits per heavy atom. The fourth-order valence-electron chi connectivity index (χ4n) is 1.30. The topological polar surface area (TPSA) is 56.0 Å². The van der Waals surface area contributed by atoms with Gasteiger partial charge in [-0.2, -0.15) is 0 Å². The molecule has 0 aliphatic rings. The Morgan fingerprint density at radius 3 is 2.87 bits per heavy atom.